The zero-order chi connectivity index (χ0) is 12.5. The molecule has 0 fully saturated rings. The van der Waals surface area contributed by atoms with Crippen LogP contribution in [0.4, 0.5) is 0 Å². The van der Waals surface area contributed by atoms with Gasteiger partial charge in [0.25, 0.3) is 0 Å². The zero-order valence-corrected chi connectivity index (χ0v) is 11.5. The van der Waals surface area contributed by atoms with Crippen molar-refractivity contribution in [2.24, 2.45) is 7.05 Å². The number of aromatic nitrogens is 3. The third kappa shape index (κ3) is 3.38. The number of hydrogen-bond donors (Lipinski definition) is 1. The molecule has 0 spiro atoms. The monoisotopic (exact) mass is 250 g/mol. The summed E-state index contributed by atoms with van der Waals surface area (Å²) >= 11 is 1.69. The van der Waals surface area contributed by atoms with Crippen molar-refractivity contribution >= 4 is 11.3 Å². The van der Waals surface area contributed by atoms with Crippen molar-refractivity contribution in [1.82, 2.24) is 20.1 Å². The maximum absolute atomic E-state index is 4.40. The van der Waals surface area contributed by atoms with Gasteiger partial charge in [-0.1, -0.05) is 0 Å². The third-order valence-electron chi connectivity index (χ3n) is 2.28. The van der Waals surface area contributed by atoms with Crippen molar-refractivity contribution in [1.29, 1.82) is 0 Å². The van der Waals surface area contributed by atoms with Gasteiger partial charge < -0.3 is 5.32 Å². The maximum atomic E-state index is 4.40. The van der Waals surface area contributed by atoms with E-state index < -0.39 is 0 Å². The Morgan fingerprint density at radius 2 is 2.18 bits per heavy atom. The smallest absolute Gasteiger partial charge is 0.143 e. The predicted molar refractivity (Wildman–Crippen MR) is 70.9 cm³/mol. The van der Waals surface area contributed by atoms with Crippen LogP contribution in [-0.2, 0) is 13.6 Å². The van der Waals surface area contributed by atoms with Gasteiger partial charge >= 0.3 is 0 Å². The van der Waals surface area contributed by atoms with Crippen LogP contribution in [0.5, 0.6) is 0 Å². The number of aryl methyl sites for hydroxylation is 1. The van der Waals surface area contributed by atoms with Crippen LogP contribution in [0.3, 0.4) is 0 Å². The van der Waals surface area contributed by atoms with Crippen molar-refractivity contribution in [3.8, 4) is 10.7 Å². The molecule has 0 aliphatic carbocycles. The minimum Gasteiger partial charge on any atom is -0.307 e. The van der Waals surface area contributed by atoms with Crippen molar-refractivity contribution in [3.05, 3.63) is 23.3 Å². The van der Waals surface area contributed by atoms with E-state index >= 15 is 0 Å². The van der Waals surface area contributed by atoms with Crippen molar-refractivity contribution in [3.63, 3.8) is 0 Å². The third-order valence-corrected chi connectivity index (χ3v) is 3.30. The number of thiazole rings is 1. The van der Waals surface area contributed by atoms with Gasteiger partial charge in [-0.15, -0.1) is 11.3 Å². The summed E-state index contributed by atoms with van der Waals surface area (Å²) in [5.41, 5.74) is 1.08. The van der Waals surface area contributed by atoms with Crippen LogP contribution in [0.1, 0.15) is 25.6 Å². The average molecular weight is 250 g/mol. The molecule has 92 valence electrons. The Bertz CT molecular complexity index is 493. The Balaban J connectivity index is 2.06. The van der Waals surface area contributed by atoms with E-state index in [0.29, 0.717) is 0 Å². The molecule has 2 heterocycles. The van der Waals surface area contributed by atoms with E-state index in [0.717, 1.165) is 17.2 Å². The predicted octanol–water partition coefficient (Wildman–Crippen LogP) is 2.43. The van der Waals surface area contributed by atoms with Crippen LogP contribution in [-0.4, -0.2) is 20.3 Å². The van der Waals surface area contributed by atoms with E-state index in [-0.39, 0.29) is 5.54 Å². The molecule has 0 atom stereocenters. The second-order valence-electron chi connectivity index (χ2n) is 5.11. The molecule has 2 aromatic heterocycles. The standard InChI is InChI=1S/C12H18N4S/c1-12(2,3)14-8-9-7-13-11(17-9)10-5-6-16(4)15-10/h5-7,14H,8H2,1-4H3. The first kappa shape index (κ1) is 12.3. The van der Waals surface area contributed by atoms with Crippen molar-refractivity contribution in [2.75, 3.05) is 0 Å². The topological polar surface area (TPSA) is 42.7 Å². The van der Waals surface area contributed by atoms with E-state index in [1.807, 2.05) is 25.5 Å². The van der Waals surface area contributed by atoms with Gasteiger partial charge in [-0.2, -0.15) is 5.10 Å². The molecule has 0 aliphatic heterocycles. The van der Waals surface area contributed by atoms with Gasteiger partial charge in [0.05, 0.1) is 0 Å². The van der Waals surface area contributed by atoms with Crippen LogP contribution < -0.4 is 5.32 Å². The normalized spacial score (nSPS) is 12.0. The van der Waals surface area contributed by atoms with Gasteiger partial charge in [-0.3, -0.25) is 4.68 Å². The van der Waals surface area contributed by atoms with Crippen LogP contribution in [0.15, 0.2) is 18.5 Å². The summed E-state index contributed by atoms with van der Waals surface area (Å²) in [5.74, 6) is 0. The van der Waals surface area contributed by atoms with Gasteiger partial charge in [0.1, 0.15) is 10.7 Å². The van der Waals surface area contributed by atoms with E-state index in [1.165, 1.54) is 4.88 Å². The lowest BCUT2D eigenvalue weighted by molar-refractivity contribution is 0.426. The Hall–Kier alpha value is -1.20. The highest BCUT2D eigenvalue weighted by Gasteiger charge is 2.11. The summed E-state index contributed by atoms with van der Waals surface area (Å²) in [4.78, 5) is 5.64. The lowest BCUT2D eigenvalue weighted by Gasteiger charge is -2.19. The molecule has 0 amide bonds. The van der Waals surface area contributed by atoms with Crippen molar-refractivity contribution in [2.45, 2.75) is 32.9 Å². The fraction of sp³-hybridized carbons (Fsp3) is 0.500. The molecule has 17 heavy (non-hydrogen) atoms. The quantitative estimate of drug-likeness (QED) is 0.909. The molecule has 0 saturated carbocycles. The average Bonchev–Trinajstić information content (AvgIpc) is 2.81. The molecule has 4 nitrogen and oxygen atoms in total. The first-order valence-corrected chi connectivity index (χ1v) is 6.45. The second-order valence-corrected chi connectivity index (χ2v) is 6.23. The maximum Gasteiger partial charge on any atom is 0.143 e. The summed E-state index contributed by atoms with van der Waals surface area (Å²) < 4.78 is 1.80. The Labute approximate surface area is 106 Å². The molecule has 2 rings (SSSR count). The van der Waals surface area contributed by atoms with E-state index in [1.54, 1.807) is 16.0 Å². The number of rotatable bonds is 3. The van der Waals surface area contributed by atoms with E-state index in [9.17, 15) is 0 Å². The fourth-order valence-electron chi connectivity index (χ4n) is 1.39. The zero-order valence-electron chi connectivity index (χ0n) is 10.7. The summed E-state index contributed by atoms with van der Waals surface area (Å²) in [6.07, 6.45) is 3.86. The molecular formula is C12H18N4S. The van der Waals surface area contributed by atoms with Crippen LogP contribution >= 0.6 is 11.3 Å². The van der Waals surface area contributed by atoms with Gasteiger partial charge in [0.15, 0.2) is 0 Å². The highest BCUT2D eigenvalue weighted by Crippen LogP contribution is 2.23. The minimum absolute atomic E-state index is 0.134. The molecule has 0 saturated heterocycles. The van der Waals surface area contributed by atoms with Crippen LogP contribution in [0.25, 0.3) is 10.7 Å². The molecule has 0 aromatic carbocycles. The van der Waals surface area contributed by atoms with E-state index in [2.05, 4.69) is 36.2 Å². The molecule has 0 radical (unpaired) electrons. The lowest BCUT2D eigenvalue weighted by Crippen LogP contribution is -2.34. The first-order chi connectivity index (χ1) is 7.94. The molecule has 0 aliphatic rings. The molecule has 2 aromatic rings. The van der Waals surface area contributed by atoms with E-state index in [4.69, 9.17) is 0 Å². The highest BCUT2D eigenvalue weighted by molar-refractivity contribution is 7.14. The molecule has 0 bridgehead atoms. The van der Waals surface area contributed by atoms with Gasteiger partial charge in [0, 0.05) is 36.4 Å². The van der Waals surface area contributed by atoms with Gasteiger partial charge in [0.2, 0.25) is 0 Å². The minimum atomic E-state index is 0.134. The van der Waals surface area contributed by atoms with Crippen LogP contribution in [0.2, 0.25) is 0 Å². The molecular weight excluding hydrogens is 232 g/mol. The summed E-state index contributed by atoms with van der Waals surface area (Å²) in [6.45, 7) is 7.34. The van der Waals surface area contributed by atoms with Gasteiger partial charge in [-0.25, -0.2) is 4.98 Å². The summed E-state index contributed by atoms with van der Waals surface area (Å²) in [6, 6.07) is 1.99. The largest absolute Gasteiger partial charge is 0.307 e. The van der Waals surface area contributed by atoms with Crippen molar-refractivity contribution < 1.29 is 0 Å². The Morgan fingerprint density at radius 1 is 1.41 bits per heavy atom. The highest BCUT2D eigenvalue weighted by atomic mass is 32.1. The fourth-order valence-corrected chi connectivity index (χ4v) is 2.21. The SMILES string of the molecule is Cn1ccc(-c2ncc(CNC(C)(C)C)s2)n1. The van der Waals surface area contributed by atoms with Gasteiger partial charge in [-0.05, 0) is 26.8 Å². The van der Waals surface area contributed by atoms with Crippen LogP contribution in [0, 0.1) is 0 Å². The number of hydrogen-bond acceptors (Lipinski definition) is 4. The summed E-state index contributed by atoms with van der Waals surface area (Å²) in [5, 5.41) is 8.78. The number of nitrogens with one attached hydrogen (secondary N) is 1. The molecule has 5 heteroatoms. The lowest BCUT2D eigenvalue weighted by atomic mass is 10.1. The Morgan fingerprint density at radius 3 is 2.76 bits per heavy atom. The Kier molecular flexibility index (Phi) is 3.31. The molecule has 1 N–H and O–H groups in total. The first-order valence-electron chi connectivity index (χ1n) is 5.64. The molecule has 0 unspecified atom stereocenters. The number of nitrogens with zero attached hydrogens (tertiary/aromatic N) is 3. The second kappa shape index (κ2) is 4.58. The summed E-state index contributed by atoms with van der Waals surface area (Å²) in [7, 11) is 1.92.